The third kappa shape index (κ3) is 4.97. The highest BCUT2D eigenvalue weighted by Gasteiger charge is 2.23. The number of carbonyl (C=O) groups is 2. The standard InChI is InChI=1S/C24H23NO5/c1-28-20-14-9-15-21(29-2)23(20)24(27)30-17-22(26)25(19-12-7-4-8-13-19)16-18-10-5-3-6-11-18/h3-15H,16-17H2,1-2H3. The number of ether oxygens (including phenoxy) is 3. The van der Waals surface area contributed by atoms with Crippen LogP contribution in [-0.4, -0.2) is 32.7 Å². The number of para-hydroxylation sites is 1. The first-order chi connectivity index (χ1) is 14.6. The van der Waals surface area contributed by atoms with Gasteiger partial charge in [-0.15, -0.1) is 0 Å². The van der Waals surface area contributed by atoms with Crippen molar-refractivity contribution in [3.8, 4) is 11.5 Å². The van der Waals surface area contributed by atoms with Crippen molar-refractivity contribution >= 4 is 17.6 Å². The molecule has 6 nitrogen and oxygen atoms in total. The van der Waals surface area contributed by atoms with Gasteiger partial charge in [-0.2, -0.15) is 0 Å². The van der Waals surface area contributed by atoms with E-state index in [-0.39, 0.29) is 11.5 Å². The van der Waals surface area contributed by atoms with Crippen LogP contribution in [0.1, 0.15) is 15.9 Å². The maximum atomic E-state index is 13.0. The first-order valence-electron chi connectivity index (χ1n) is 9.41. The number of esters is 1. The molecule has 3 rings (SSSR count). The number of benzene rings is 3. The Hall–Kier alpha value is -3.80. The van der Waals surface area contributed by atoms with E-state index < -0.39 is 12.6 Å². The number of rotatable bonds is 8. The molecule has 0 aliphatic heterocycles. The van der Waals surface area contributed by atoms with Gasteiger partial charge in [0.05, 0.1) is 20.8 Å². The lowest BCUT2D eigenvalue weighted by Crippen LogP contribution is -2.34. The van der Waals surface area contributed by atoms with E-state index in [1.807, 2.05) is 60.7 Å². The molecule has 30 heavy (non-hydrogen) atoms. The van der Waals surface area contributed by atoms with Crippen LogP contribution in [-0.2, 0) is 16.1 Å². The fourth-order valence-electron chi connectivity index (χ4n) is 3.03. The van der Waals surface area contributed by atoms with Crippen LogP contribution >= 0.6 is 0 Å². The second-order valence-corrected chi connectivity index (χ2v) is 6.41. The Balaban J connectivity index is 1.77. The number of hydrogen-bond acceptors (Lipinski definition) is 5. The van der Waals surface area contributed by atoms with Crippen LogP contribution in [0.25, 0.3) is 0 Å². The van der Waals surface area contributed by atoms with Gasteiger partial charge in [-0.25, -0.2) is 4.79 Å². The minimum absolute atomic E-state index is 0.143. The Labute approximate surface area is 175 Å². The van der Waals surface area contributed by atoms with E-state index in [4.69, 9.17) is 14.2 Å². The summed E-state index contributed by atoms with van der Waals surface area (Å²) in [5.41, 5.74) is 1.83. The van der Waals surface area contributed by atoms with Crippen LogP contribution in [0.5, 0.6) is 11.5 Å². The summed E-state index contributed by atoms with van der Waals surface area (Å²) in [6.45, 7) is -0.0546. The number of anilines is 1. The van der Waals surface area contributed by atoms with Crippen molar-refractivity contribution in [2.24, 2.45) is 0 Å². The molecule has 0 aliphatic rings. The predicted molar refractivity (Wildman–Crippen MR) is 114 cm³/mol. The summed E-state index contributed by atoms with van der Waals surface area (Å²) in [6, 6.07) is 23.9. The first-order valence-corrected chi connectivity index (χ1v) is 9.41. The summed E-state index contributed by atoms with van der Waals surface area (Å²) in [5.74, 6) is -0.398. The van der Waals surface area contributed by atoms with Gasteiger partial charge in [-0.05, 0) is 29.8 Å². The Morgan fingerprint density at radius 2 is 1.33 bits per heavy atom. The average Bonchev–Trinajstić information content (AvgIpc) is 2.81. The Kier molecular flexibility index (Phi) is 7.05. The Morgan fingerprint density at radius 3 is 1.90 bits per heavy atom. The highest BCUT2D eigenvalue weighted by Crippen LogP contribution is 2.29. The summed E-state index contributed by atoms with van der Waals surface area (Å²) < 4.78 is 15.8. The van der Waals surface area contributed by atoms with Gasteiger partial charge in [0, 0.05) is 5.69 Å². The van der Waals surface area contributed by atoms with E-state index in [1.54, 1.807) is 23.1 Å². The summed E-state index contributed by atoms with van der Waals surface area (Å²) in [4.78, 5) is 27.2. The number of nitrogens with zero attached hydrogens (tertiary/aromatic N) is 1. The summed E-state index contributed by atoms with van der Waals surface area (Å²) >= 11 is 0. The number of carbonyl (C=O) groups excluding carboxylic acids is 2. The van der Waals surface area contributed by atoms with Gasteiger partial charge in [0.25, 0.3) is 5.91 Å². The van der Waals surface area contributed by atoms with Crippen LogP contribution in [0, 0.1) is 0 Å². The van der Waals surface area contributed by atoms with E-state index in [0.717, 1.165) is 11.3 Å². The van der Waals surface area contributed by atoms with Crippen molar-refractivity contribution in [3.05, 3.63) is 90.0 Å². The molecule has 1 amide bonds. The van der Waals surface area contributed by atoms with Crippen molar-refractivity contribution < 1.29 is 23.8 Å². The van der Waals surface area contributed by atoms with Crippen LogP contribution < -0.4 is 14.4 Å². The van der Waals surface area contributed by atoms with Gasteiger partial charge in [0.1, 0.15) is 17.1 Å². The molecule has 3 aromatic rings. The van der Waals surface area contributed by atoms with E-state index >= 15 is 0 Å². The third-order valence-electron chi connectivity index (χ3n) is 4.51. The number of hydrogen-bond donors (Lipinski definition) is 0. The van der Waals surface area contributed by atoms with Crippen molar-refractivity contribution in [2.75, 3.05) is 25.7 Å². The normalized spacial score (nSPS) is 10.2. The first kappa shape index (κ1) is 20.9. The van der Waals surface area contributed by atoms with Gasteiger partial charge in [-0.3, -0.25) is 4.79 Å². The fourth-order valence-corrected chi connectivity index (χ4v) is 3.03. The maximum Gasteiger partial charge on any atom is 0.346 e. The van der Waals surface area contributed by atoms with Gasteiger partial charge in [0.15, 0.2) is 6.61 Å². The average molecular weight is 405 g/mol. The molecule has 0 unspecified atom stereocenters. The van der Waals surface area contributed by atoms with Crippen molar-refractivity contribution in [3.63, 3.8) is 0 Å². The molecule has 0 fully saturated rings. The second kappa shape index (κ2) is 10.1. The molecule has 0 bridgehead atoms. The van der Waals surface area contributed by atoms with Crippen LogP contribution in [0.4, 0.5) is 5.69 Å². The van der Waals surface area contributed by atoms with Crippen molar-refractivity contribution in [1.82, 2.24) is 0 Å². The molecule has 154 valence electrons. The third-order valence-corrected chi connectivity index (χ3v) is 4.51. The van der Waals surface area contributed by atoms with E-state index in [0.29, 0.717) is 18.0 Å². The molecule has 6 heteroatoms. The molecule has 0 aliphatic carbocycles. The SMILES string of the molecule is COc1cccc(OC)c1C(=O)OCC(=O)N(Cc1ccccc1)c1ccccc1. The lowest BCUT2D eigenvalue weighted by Gasteiger charge is -2.23. The Bertz CT molecular complexity index is 967. The lowest BCUT2D eigenvalue weighted by molar-refractivity contribution is -0.121. The van der Waals surface area contributed by atoms with Gasteiger partial charge < -0.3 is 19.1 Å². The van der Waals surface area contributed by atoms with Crippen molar-refractivity contribution in [2.45, 2.75) is 6.54 Å². The largest absolute Gasteiger partial charge is 0.496 e. The zero-order valence-electron chi connectivity index (χ0n) is 16.9. The van der Waals surface area contributed by atoms with E-state index in [1.165, 1.54) is 14.2 Å². The summed E-state index contributed by atoms with van der Waals surface area (Å²) in [5, 5.41) is 0. The molecule has 0 heterocycles. The monoisotopic (exact) mass is 405 g/mol. The Morgan fingerprint density at radius 1 is 0.767 bits per heavy atom. The number of amides is 1. The summed E-state index contributed by atoms with van der Waals surface area (Å²) in [6.07, 6.45) is 0. The molecule has 0 radical (unpaired) electrons. The van der Waals surface area contributed by atoms with Crippen LogP contribution in [0.3, 0.4) is 0 Å². The van der Waals surface area contributed by atoms with Gasteiger partial charge in [-0.1, -0.05) is 54.6 Å². The molecule has 0 spiro atoms. The topological polar surface area (TPSA) is 65.1 Å². The minimum atomic E-state index is -0.689. The number of methoxy groups -OCH3 is 2. The van der Waals surface area contributed by atoms with E-state index in [9.17, 15) is 9.59 Å². The molecule has 0 N–H and O–H groups in total. The van der Waals surface area contributed by atoms with Gasteiger partial charge >= 0.3 is 5.97 Å². The molecule has 3 aromatic carbocycles. The second-order valence-electron chi connectivity index (χ2n) is 6.41. The molecule has 0 atom stereocenters. The minimum Gasteiger partial charge on any atom is -0.496 e. The molecular formula is C24H23NO5. The van der Waals surface area contributed by atoms with Crippen LogP contribution in [0.2, 0.25) is 0 Å². The van der Waals surface area contributed by atoms with Gasteiger partial charge in [0.2, 0.25) is 0 Å². The molecule has 0 saturated heterocycles. The maximum absolute atomic E-state index is 13.0. The zero-order valence-corrected chi connectivity index (χ0v) is 16.9. The van der Waals surface area contributed by atoms with Crippen molar-refractivity contribution in [1.29, 1.82) is 0 Å². The predicted octanol–water partition coefficient (Wildman–Crippen LogP) is 4.09. The molecular weight excluding hydrogens is 382 g/mol. The highest BCUT2D eigenvalue weighted by atomic mass is 16.5. The smallest absolute Gasteiger partial charge is 0.346 e. The van der Waals surface area contributed by atoms with E-state index in [2.05, 4.69) is 0 Å². The lowest BCUT2D eigenvalue weighted by atomic mass is 10.1. The molecule has 0 saturated carbocycles. The molecule has 0 aromatic heterocycles. The summed E-state index contributed by atoms with van der Waals surface area (Å²) in [7, 11) is 2.90. The fraction of sp³-hybridized carbons (Fsp3) is 0.167. The quantitative estimate of drug-likeness (QED) is 0.528. The zero-order chi connectivity index (χ0) is 21.3. The van der Waals surface area contributed by atoms with Crippen LogP contribution in [0.15, 0.2) is 78.9 Å². The highest BCUT2D eigenvalue weighted by molar-refractivity contribution is 5.99.